The zero-order chi connectivity index (χ0) is 23.4. The summed E-state index contributed by atoms with van der Waals surface area (Å²) < 4.78 is 81.8. The number of anilines is 1. The molecule has 2 amide bonds. The molecule has 0 aliphatic rings. The van der Waals surface area contributed by atoms with E-state index < -0.39 is 45.9 Å². The van der Waals surface area contributed by atoms with Gasteiger partial charge < -0.3 is 15.7 Å². The minimum absolute atomic E-state index is 0.140. The smallest absolute Gasteiger partial charge is 0.418 e. The molecule has 2 rings (SSSR count). The highest BCUT2D eigenvalue weighted by Crippen LogP contribution is 2.48. The van der Waals surface area contributed by atoms with Crippen molar-refractivity contribution in [3.63, 3.8) is 0 Å². The predicted octanol–water partition coefficient (Wildman–Crippen LogP) is 5.72. The molecule has 0 bridgehead atoms. The number of carbonyl (C=O) groups is 2. The van der Waals surface area contributed by atoms with Crippen LogP contribution in [0.15, 0.2) is 52.3 Å². The van der Waals surface area contributed by atoms with Crippen LogP contribution in [0, 0.1) is 0 Å². The molecule has 0 aromatic heterocycles. The number of nitrogens with one attached hydrogen (secondary N) is 2. The number of rotatable bonds is 5. The molecule has 0 spiro atoms. The van der Waals surface area contributed by atoms with Crippen molar-refractivity contribution in [1.29, 1.82) is 0 Å². The first kappa shape index (κ1) is 24.1. The molecule has 0 aliphatic carbocycles. The van der Waals surface area contributed by atoms with E-state index in [9.17, 15) is 35.9 Å². The maximum absolute atomic E-state index is 13.7. The van der Waals surface area contributed by atoms with Gasteiger partial charge in [-0.1, -0.05) is 23.9 Å². The molecule has 3 N–H and O–H groups in total. The topological polar surface area (TPSA) is 78.4 Å². The van der Waals surface area contributed by atoms with Gasteiger partial charge in [-0.3, -0.25) is 0 Å². The normalized spacial score (nSPS) is 12.1. The van der Waals surface area contributed by atoms with Crippen molar-refractivity contribution >= 4 is 35.5 Å². The third kappa shape index (κ3) is 6.41. The van der Waals surface area contributed by atoms with E-state index in [4.69, 9.17) is 5.11 Å². The lowest BCUT2D eigenvalue weighted by molar-refractivity contribution is -0.163. The lowest BCUT2D eigenvalue weighted by Gasteiger charge is -2.21. The van der Waals surface area contributed by atoms with Crippen molar-refractivity contribution in [3.8, 4) is 0 Å². The number of hydrogen-bond acceptors (Lipinski definition) is 3. The van der Waals surface area contributed by atoms with E-state index in [0.29, 0.717) is 23.9 Å². The number of carboxylic acids is 1. The van der Waals surface area contributed by atoms with E-state index in [1.54, 1.807) is 0 Å². The maximum atomic E-state index is 13.7. The number of aliphatic carboxylic acids is 1. The molecule has 0 saturated carbocycles. The Morgan fingerprint density at radius 1 is 1.00 bits per heavy atom. The molecule has 0 unspecified atom stereocenters. The van der Waals surface area contributed by atoms with Crippen LogP contribution in [-0.2, 0) is 17.1 Å². The second-order valence-corrected chi connectivity index (χ2v) is 7.02. The van der Waals surface area contributed by atoms with Gasteiger partial charge in [-0.05, 0) is 35.9 Å². The Hall–Kier alpha value is -3.15. The maximum Gasteiger partial charge on any atom is 0.418 e. The number of urea groups is 1. The van der Waals surface area contributed by atoms with E-state index in [-0.39, 0.29) is 10.6 Å². The van der Waals surface area contributed by atoms with Crippen molar-refractivity contribution < 1.29 is 41.0 Å². The molecule has 0 heterocycles. The Morgan fingerprint density at radius 3 is 2.19 bits per heavy atom. The highest BCUT2D eigenvalue weighted by atomic mass is 32.2. The Kier molecular flexibility index (Phi) is 7.26. The number of carbonyl (C=O) groups excluding carboxylic acids is 1. The van der Waals surface area contributed by atoms with E-state index in [1.807, 2.05) is 0 Å². The van der Waals surface area contributed by atoms with Gasteiger partial charge in [-0.15, -0.1) is 0 Å². The van der Waals surface area contributed by atoms with Crippen molar-refractivity contribution in [2.45, 2.75) is 22.1 Å². The molecule has 2 aromatic rings. The molecule has 166 valence electrons. The van der Waals surface area contributed by atoms with E-state index in [1.165, 1.54) is 31.3 Å². The van der Waals surface area contributed by atoms with Crippen molar-refractivity contribution in [3.05, 3.63) is 59.2 Å². The van der Waals surface area contributed by atoms with Gasteiger partial charge >= 0.3 is 24.4 Å². The van der Waals surface area contributed by atoms with Crippen LogP contribution in [0.5, 0.6) is 0 Å². The average molecular weight is 464 g/mol. The van der Waals surface area contributed by atoms with Crippen LogP contribution in [0.25, 0.3) is 6.08 Å². The Bertz CT molecular complexity index is 1020. The molecule has 0 fully saturated rings. The van der Waals surface area contributed by atoms with Crippen LogP contribution in [0.1, 0.15) is 16.7 Å². The molecule has 5 nitrogen and oxygen atoms in total. The fourth-order valence-corrected chi connectivity index (χ4v) is 3.57. The summed E-state index contributed by atoms with van der Waals surface area (Å²) >= 11 is 0.421. The molecule has 31 heavy (non-hydrogen) atoms. The van der Waals surface area contributed by atoms with Gasteiger partial charge in [0.25, 0.3) is 0 Å². The van der Waals surface area contributed by atoms with Gasteiger partial charge in [0.15, 0.2) is 0 Å². The van der Waals surface area contributed by atoms with Crippen LogP contribution in [0.4, 0.5) is 36.8 Å². The molecule has 0 atom stereocenters. The zero-order valence-electron chi connectivity index (χ0n) is 15.6. The van der Waals surface area contributed by atoms with Crippen LogP contribution in [-0.4, -0.2) is 24.2 Å². The summed E-state index contributed by atoms with van der Waals surface area (Å²) in [6, 6.07) is 6.54. The second-order valence-electron chi connectivity index (χ2n) is 5.90. The van der Waals surface area contributed by atoms with Crippen molar-refractivity contribution in [1.82, 2.24) is 5.32 Å². The van der Waals surface area contributed by atoms with Crippen LogP contribution in [0.2, 0.25) is 0 Å². The first-order chi connectivity index (χ1) is 14.3. The summed E-state index contributed by atoms with van der Waals surface area (Å²) in [5.41, 5.74) is -4.62. The Balaban J connectivity index is 2.62. The highest BCUT2D eigenvalue weighted by molar-refractivity contribution is 7.99. The van der Waals surface area contributed by atoms with Gasteiger partial charge in [0.1, 0.15) is 0 Å². The number of hydrogen-bond donors (Lipinski definition) is 3. The lowest BCUT2D eigenvalue weighted by Crippen LogP contribution is -2.24. The standard InChI is InChI=1S/C19H14F6N2O3S/c1-26-17(30)27-11-3-2-4-12(9-11)31-13-7-5-10(6-8-14(28)29)15(18(20,21)22)16(13)19(23,24)25/h2-9H,1H3,(H,28,29)(H2,26,27,30). The molecule has 0 radical (unpaired) electrons. The molecular weight excluding hydrogens is 450 g/mol. The second kappa shape index (κ2) is 9.33. The van der Waals surface area contributed by atoms with Crippen LogP contribution < -0.4 is 10.6 Å². The highest BCUT2D eigenvalue weighted by Gasteiger charge is 2.46. The van der Waals surface area contributed by atoms with Gasteiger partial charge in [-0.25, -0.2) is 9.59 Å². The Morgan fingerprint density at radius 2 is 1.65 bits per heavy atom. The Labute approximate surface area is 176 Å². The first-order valence-corrected chi connectivity index (χ1v) is 9.13. The van der Waals surface area contributed by atoms with E-state index in [0.717, 1.165) is 12.1 Å². The van der Waals surface area contributed by atoms with Gasteiger partial charge in [0.05, 0.1) is 11.1 Å². The number of amides is 2. The summed E-state index contributed by atoms with van der Waals surface area (Å²) in [6.45, 7) is 0. The third-order valence-corrected chi connectivity index (χ3v) is 4.77. The van der Waals surface area contributed by atoms with Crippen molar-refractivity contribution in [2.75, 3.05) is 12.4 Å². The first-order valence-electron chi connectivity index (χ1n) is 8.32. The minimum atomic E-state index is -5.40. The lowest BCUT2D eigenvalue weighted by atomic mass is 9.99. The van der Waals surface area contributed by atoms with Gasteiger partial charge in [-0.2, -0.15) is 26.3 Å². The van der Waals surface area contributed by atoms with Crippen LogP contribution in [0.3, 0.4) is 0 Å². The van der Waals surface area contributed by atoms with E-state index >= 15 is 0 Å². The van der Waals surface area contributed by atoms with Crippen LogP contribution >= 0.6 is 11.8 Å². The molecular formula is C19H14F6N2O3S. The van der Waals surface area contributed by atoms with E-state index in [2.05, 4.69) is 10.6 Å². The SMILES string of the molecule is CNC(=O)Nc1cccc(Sc2ccc(C=CC(=O)O)c(C(F)(F)F)c2C(F)(F)F)c1. The third-order valence-electron chi connectivity index (χ3n) is 3.72. The van der Waals surface area contributed by atoms with Gasteiger partial charge in [0, 0.05) is 28.6 Å². The molecule has 0 aliphatic heterocycles. The number of benzene rings is 2. The fraction of sp³-hybridized carbons (Fsp3) is 0.158. The summed E-state index contributed by atoms with van der Waals surface area (Å²) in [6.07, 6.45) is -9.99. The summed E-state index contributed by atoms with van der Waals surface area (Å²) in [4.78, 5) is 21.4. The average Bonchev–Trinajstić information content (AvgIpc) is 2.65. The van der Waals surface area contributed by atoms with Gasteiger partial charge in [0.2, 0.25) is 0 Å². The number of alkyl halides is 6. The molecule has 2 aromatic carbocycles. The monoisotopic (exact) mass is 464 g/mol. The quantitative estimate of drug-likeness (QED) is 0.391. The summed E-state index contributed by atoms with van der Waals surface area (Å²) in [5.74, 6) is -1.61. The molecule has 0 saturated heterocycles. The largest absolute Gasteiger partial charge is 0.478 e. The fourth-order valence-electron chi connectivity index (χ4n) is 2.53. The summed E-state index contributed by atoms with van der Waals surface area (Å²) in [5, 5.41) is 13.3. The zero-order valence-corrected chi connectivity index (χ0v) is 16.4. The number of halogens is 6. The molecule has 12 heteroatoms. The summed E-state index contributed by atoms with van der Waals surface area (Å²) in [7, 11) is 1.35. The van der Waals surface area contributed by atoms with Crippen molar-refractivity contribution in [2.24, 2.45) is 0 Å². The predicted molar refractivity (Wildman–Crippen MR) is 102 cm³/mol. The minimum Gasteiger partial charge on any atom is -0.478 e. The number of carboxylic acid groups (broad SMARTS) is 1.